The van der Waals surface area contributed by atoms with E-state index in [1.54, 1.807) is 0 Å². The first-order valence-electron chi connectivity index (χ1n) is 16.3. The van der Waals surface area contributed by atoms with Gasteiger partial charge >= 0.3 is 0 Å². The molecule has 0 aliphatic heterocycles. The molecule has 226 valence electrons. The van der Waals surface area contributed by atoms with Gasteiger partial charge in [0.2, 0.25) is 0 Å². The van der Waals surface area contributed by atoms with Gasteiger partial charge in [0, 0.05) is 37.1 Å². The van der Waals surface area contributed by atoms with Crippen LogP contribution in [0.5, 0.6) is 0 Å². The molecule has 0 aliphatic rings. The molecule has 1 heterocycles. The molecule has 1 aromatic heterocycles. The molecule has 0 fully saturated rings. The van der Waals surface area contributed by atoms with Gasteiger partial charge in [0.1, 0.15) is 0 Å². The van der Waals surface area contributed by atoms with Gasteiger partial charge in [-0.25, -0.2) is 0 Å². The lowest BCUT2D eigenvalue weighted by atomic mass is 9.96. The number of para-hydroxylation sites is 2. The topological polar surface area (TPSA) is 3.24 Å². The quantitative estimate of drug-likeness (QED) is 0.177. The molecular formula is C46H31NS. The SMILES string of the molecule is c1ccc(N(c2ccc(-c3ccc(-c4ccc5ccccc5c4)cc3)cc2)c2ccccc2-c2cccc3sc4ccccc4c23)cc1. The molecule has 0 atom stereocenters. The number of anilines is 3. The highest BCUT2D eigenvalue weighted by atomic mass is 32.1. The van der Waals surface area contributed by atoms with E-state index in [1.807, 2.05) is 11.3 Å². The molecule has 9 rings (SSSR count). The lowest BCUT2D eigenvalue weighted by Gasteiger charge is -2.28. The van der Waals surface area contributed by atoms with Crippen LogP contribution in [0.25, 0.3) is 64.3 Å². The van der Waals surface area contributed by atoms with E-state index in [0.29, 0.717) is 0 Å². The number of hydrogen-bond donors (Lipinski definition) is 0. The van der Waals surface area contributed by atoms with Crippen molar-refractivity contribution in [3.05, 3.63) is 188 Å². The van der Waals surface area contributed by atoms with E-state index in [4.69, 9.17) is 0 Å². The molecule has 48 heavy (non-hydrogen) atoms. The van der Waals surface area contributed by atoms with Crippen LogP contribution in [0.1, 0.15) is 0 Å². The summed E-state index contributed by atoms with van der Waals surface area (Å²) in [5.41, 5.74) is 10.7. The Kier molecular flexibility index (Phi) is 7.07. The van der Waals surface area contributed by atoms with Crippen molar-refractivity contribution in [3.8, 4) is 33.4 Å². The summed E-state index contributed by atoms with van der Waals surface area (Å²) in [5, 5.41) is 5.16. The van der Waals surface area contributed by atoms with Gasteiger partial charge in [0.15, 0.2) is 0 Å². The Morgan fingerprint density at radius 2 is 0.917 bits per heavy atom. The summed E-state index contributed by atoms with van der Waals surface area (Å²) in [6.07, 6.45) is 0. The molecule has 0 unspecified atom stereocenters. The summed E-state index contributed by atoms with van der Waals surface area (Å²) >= 11 is 1.86. The van der Waals surface area contributed by atoms with Crippen LogP contribution in [0.3, 0.4) is 0 Å². The van der Waals surface area contributed by atoms with Crippen LogP contribution in [0.15, 0.2) is 188 Å². The van der Waals surface area contributed by atoms with Crippen molar-refractivity contribution in [1.29, 1.82) is 0 Å². The standard InChI is InChI=1S/C46H31NS/c1-2-13-38(14-3-1)47(43-18-8-6-15-40(43)41-17-10-20-45-46(41)42-16-7-9-19-44(42)48-45)39-29-27-34(28-30-39)33-21-23-35(24-22-33)37-26-25-32-11-4-5-12-36(32)31-37/h1-31H. The first kappa shape index (κ1) is 28.3. The number of fused-ring (bicyclic) bond motifs is 4. The first-order valence-corrected chi connectivity index (χ1v) is 17.2. The number of nitrogens with zero attached hydrogens (tertiary/aromatic N) is 1. The van der Waals surface area contributed by atoms with Gasteiger partial charge < -0.3 is 4.90 Å². The Bertz CT molecular complexity index is 2540. The van der Waals surface area contributed by atoms with Crippen LogP contribution in [-0.2, 0) is 0 Å². The highest BCUT2D eigenvalue weighted by molar-refractivity contribution is 7.25. The molecule has 1 nitrogen and oxygen atoms in total. The molecule has 0 radical (unpaired) electrons. The summed E-state index contributed by atoms with van der Waals surface area (Å²) in [6.45, 7) is 0. The van der Waals surface area contributed by atoms with Crippen molar-refractivity contribution < 1.29 is 0 Å². The van der Waals surface area contributed by atoms with Crippen LogP contribution >= 0.6 is 11.3 Å². The smallest absolute Gasteiger partial charge is 0.0540 e. The molecular weight excluding hydrogens is 599 g/mol. The summed E-state index contributed by atoms with van der Waals surface area (Å²) in [5.74, 6) is 0. The third kappa shape index (κ3) is 5.04. The zero-order valence-electron chi connectivity index (χ0n) is 26.3. The second-order valence-corrected chi connectivity index (χ2v) is 13.2. The third-order valence-corrected chi connectivity index (χ3v) is 10.4. The Morgan fingerprint density at radius 3 is 1.73 bits per heavy atom. The van der Waals surface area contributed by atoms with Crippen molar-refractivity contribution in [2.24, 2.45) is 0 Å². The fourth-order valence-electron chi connectivity index (χ4n) is 6.93. The van der Waals surface area contributed by atoms with Crippen LogP contribution in [0.2, 0.25) is 0 Å². The Hall–Kier alpha value is -5.96. The first-order chi connectivity index (χ1) is 23.8. The van der Waals surface area contributed by atoms with Crippen LogP contribution in [0, 0.1) is 0 Å². The minimum Gasteiger partial charge on any atom is -0.310 e. The fraction of sp³-hybridized carbons (Fsp3) is 0. The molecule has 8 aromatic carbocycles. The summed E-state index contributed by atoms with van der Waals surface area (Å²) in [6, 6.07) is 68.1. The fourth-order valence-corrected chi connectivity index (χ4v) is 8.06. The zero-order chi connectivity index (χ0) is 31.9. The van der Waals surface area contributed by atoms with Gasteiger partial charge in [0.05, 0.1) is 5.69 Å². The van der Waals surface area contributed by atoms with Crippen molar-refractivity contribution in [2.45, 2.75) is 0 Å². The van der Waals surface area contributed by atoms with Gasteiger partial charge in [-0.1, -0.05) is 140 Å². The normalized spacial score (nSPS) is 11.3. The number of thiophene rings is 1. The maximum absolute atomic E-state index is 2.38. The Morgan fingerprint density at radius 1 is 0.354 bits per heavy atom. The van der Waals surface area contributed by atoms with Crippen LogP contribution < -0.4 is 4.90 Å². The van der Waals surface area contributed by atoms with Crippen LogP contribution in [0.4, 0.5) is 17.1 Å². The third-order valence-electron chi connectivity index (χ3n) is 9.28. The second-order valence-electron chi connectivity index (χ2n) is 12.2. The lowest BCUT2D eigenvalue weighted by molar-refractivity contribution is 1.28. The average molecular weight is 630 g/mol. The summed E-state index contributed by atoms with van der Waals surface area (Å²) in [7, 11) is 0. The van der Waals surface area contributed by atoms with E-state index in [1.165, 1.54) is 64.3 Å². The van der Waals surface area contributed by atoms with Crippen molar-refractivity contribution >= 4 is 59.3 Å². The second kappa shape index (κ2) is 12.0. The molecule has 2 heteroatoms. The summed E-state index contributed by atoms with van der Waals surface area (Å²) in [4.78, 5) is 2.38. The molecule has 0 amide bonds. The summed E-state index contributed by atoms with van der Waals surface area (Å²) < 4.78 is 2.63. The van der Waals surface area contributed by atoms with Gasteiger partial charge in [0.25, 0.3) is 0 Å². The van der Waals surface area contributed by atoms with E-state index >= 15 is 0 Å². The largest absolute Gasteiger partial charge is 0.310 e. The Balaban J connectivity index is 1.11. The van der Waals surface area contributed by atoms with Gasteiger partial charge in [-0.15, -0.1) is 11.3 Å². The minimum atomic E-state index is 1.12. The number of benzene rings is 8. The van der Waals surface area contributed by atoms with E-state index in [-0.39, 0.29) is 0 Å². The predicted octanol–water partition coefficient (Wildman–Crippen LogP) is 13.7. The lowest BCUT2D eigenvalue weighted by Crippen LogP contribution is -2.11. The maximum atomic E-state index is 2.38. The van der Waals surface area contributed by atoms with Gasteiger partial charge in [-0.05, 0) is 87.1 Å². The minimum absolute atomic E-state index is 1.12. The molecule has 0 bridgehead atoms. The van der Waals surface area contributed by atoms with E-state index in [0.717, 1.165) is 17.1 Å². The van der Waals surface area contributed by atoms with E-state index < -0.39 is 0 Å². The molecule has 0 N–H and O–H groups in total. The molecule has 9 aromatic rings. The number of hydrogen-bond acceptors (Lipinski definition) is 2. The Labute approximate surface area is 284 Å². The van der Waals surface area contributed by atoms with Crippen LogP contribution in [-0.4, -0.2) is 0 Å². The highest BCUT2D eigenvalue weighted by Gasteiger charge is 2.19. The molecule has 0 saturated carbocycles. The van der Waals surface area contributed by atoms with Crippen molar-refractivity contribution in [3.63, 3.8) is 0 Å². The zero-order valence-corrected chi connectivity index (χ0v) is 27.1. The predicted molar refractivity (Wildman–Crippen MR) is 208 cm³/mol. The maximum Gasteiger partial charge on any atom is 0.0540 e. The molecule has 0 aliphatic carbocycles. The molecule has 0 spiro atoms. The highest BCUT2D eigenvalue weighted by Crippen LogP contribution is 2.46. The molecule has 0 saturated heterocycles. The van der Waals surface area contributed by atoms with E-state index in [9.17, 15) is 0 Å². The van der Waals surface area contributed by atoms with Gasteiger partial charge in [-0.2, -0.15) is 0 Å². The van der Waals surface area contributed by atoms with Gasteiger partial charge in [-0.3, -0.25) is 0 Å². The number of rotatable bonds is 6. The van der Waals surface area contributed by atoms with E-state index in [2.05, 4.69) is 193 Å². The average Bonchev–Trinajstić information content (AvgIpc) is 3.55. The van der Waals surface area contributed by atoms with Crippen molar-refractivity contribution in [1.82, 2.24) is 0 Å². The van der Waals surface area contributed by atoms with Crippen molar-refractivity contribution in [2.75, 3.05) is 4.90 Å². The monoisotopic (exact) mass is 629 g/mol.